The van der Waals surface area contributed by atoms with Crippen LogP contribution in [-0.4, -0.2) is 21.2 Å². The molecular formula is C17H16ClN5. The first-order valence-electron chi connectivity index (χ1n) is 7.59. The molecule has 0 radical (unpaired) electrons. The maximum Gasteiger partial charge on any atom is 0.129 e. The standard InChI is InChI=1S/C17H16ClN5/c18-11-3-4-14-12(7-11)17-15(8-21-14)22-16(23-17)9-20-6-5-13(19)10-1-2-10/h3-8,10H,1-2,9,19H2,(H,22,23). The molecule has 6 heteroatoms. The zero-order chi connectivity index (χ0) is 15.8. The number of aromatic nitrogens is 3. The van der Waals surface area contributed by atoms with Crippen molar-refractivity contribution in [2.75, 3.05) is 0 Å². The van der Waals surface area contributed by atoms with Gasteiger partial charge in [0.25, 0.3) is 0 Å². The van der Waals surface area contributed by atoms with Crippen LogP contribution in [0.5, 0.6) is 0 Å². The molecule has 3 N–H and O–H groups in total. The van der Waals surface area contributed by atoms with Crippen molar-refractivity contribution in [3.63, 3.8) is 0 Å². The van der Waals surface area contributed by atoms with E-state index in [1.807, 2.05) is 24.3 Å². The molecule has 23 heavy (non-hydrogen) atoms. The van der Waals surface area contributed by atoms with Crippen LogP contribution in [0.2, 0.25) is 5.02 Å². The van der Waals surface area contributed by atoms with Crippen molar-refractivity contribution in [1.82, 2.24) is 15.0 Å². The molecular weight excluding hydrogens is 310 g/mol. The van der Waals surface area contributed by atoms with Gasteiger partial charge in [-0.15, -0.1) is 0 Å². The summed E-state index contributed by atoms with van der Waals surface area (Å²) < 4.78 is 0. The third-order valence-electron chi connectivity index (χ3n) is 3.99. The maximum absolute atomic E-state index is 6.08. The normalized spacial score (nSPS) is 16.0. The fraction of sp³-hybridized carbons (Fsp3) is 0.235. The van der Waals surface area contributed by atoms with Crippen LogP contribution in [0.1, 0.15) is 18.7 Å². The summed E-state index contributed by atoms with van der Waals surface area (Å²) in [6.45, 7) is 0.477. The van der Waals surface area contributed by atoms with Gasteiger partial charge in [-0.2, -0.15) is 0 Å². The number of nitrogens with two attached hydrogens (primary N) is 1. The number of allylic oxidation sites excluding steroid dienone is 2. The molecule has 116 valence electrons. The third kappa shape index (κ3) is 2.92. The number of benzene rings is 1. The number of aromatic amines is 1. The fourth-order valence-electron chi connectivity index (χ4n) is 2.59. The quantitative estimate of drug-likeness (QED) is 0.719. The molecule has 3 aromatic rings. The summed E-state index contributed by atoms with van der Waals surface area (Å²) in [7, 11) is 0. The van der Waals surface area contributed by atoms with E-state index in [9.17, 15) is 0 Å². The minimum atomic E-state index is 0.477. The van der Waals surface area contributed by atoms with Gasteiger partial charge in [-0.3, -0.25) is 9.98 Å². The lowest BCUT2D eigenvalue weighted by molar-refractivity contribution is 0.960. The van der Waals surface area contributed by atoms with Gasteiger partial charge in [-0.05, 0) is 43.0 Å². The van der Waals surface area contributed by atoms with Gasteiger partial charge >= 0.3 is 0 Å². The number of imidazole rings is 1. The van der Waals surface area contributed by atoms with Crippen molar-refractivity contribution in [3.05, 3.63) is 47.0 Å². The van der Waals surface area contributed by atoms with Crippen molar-refractivity contribution in [2.24, 2.45) is 16.6 Å². The van der Waals surface area contributed by atoms with E-state index in [-0.39, 0.29) is 0 Å². The molecule has 0 aliphatic heterocycles. The van der Waals surface area contributed by atoms with Crippen LogP contribution in [0.4, 0.5) is 0 Å². The number of fused-ring (bicyclic) bond motifs is 3. The van der Waals surface area contributed by atoms with Gasteiger partial charge in [-0.25, -0.2) is 4.98 Å². The first-order valence-corrected chi connectivity index (χ1v) is 7.97. The van der Waals surface area contributed by atoms with Crippen LogP contribution < -0.4 is 5.73 Å². The van der Waals surface area contributed by atoms with Crippen LogP contribution in [0.3, 0.4) is 0 Å². The van der Waals surface area contributed by atoms with Crippen LogP contribution in [0, 0.1) is 5.92 Å². The highest BCUT2D eigenvalue weighted by Gasteiger charge is 2.23. The molecule has 0 unspecified atom stereocenters. The number of aliphatic imine (C=N–C) groups is 1. The molecule has 0 amide bonds. The lowest BCUT2D eigenvalue weighted by Gasteiger charge is -1.97. The number of nitrogens with zero attached hydrogens (tertiary/aromatic N) is 3. The van der Waals surface area contributed by atoms with Crippen LogP contribution in [-0.2, 0) is 6.54 Å². The van der Waals surface area contributed by atoms with Crippen LogP contribution in [0.15, 0.2) is 41.2 Å². The molecule has 5 nitrogen and oxygen atoms in total. The number of pyridine rings is 1. The summed E-state index contributed by atoms with van der Waals surface area (Å²) in [5.41, 5.74) is 9.48. The summed E-state index contributed by atoms with van der Waals surface area (Å²) in [6, 6.07) is 5.62. The predicted molar refractivity (Wildman–Crippen MR) is 93.6 cm³/mol. The van der Waals surface area contributed by atoms with Crippen molar-refractivity contribution in [2.45, 2.75) is 19.4 Å². The summed E-state index contributed by atoms with van der Waals surface area (Å²) in [4.78, 5) is 16.7. The van der Waals surface area contributed by atoms with Gasteiger partial charge in [0, 0.05) is 22.3 Å². The Labute approximate surface area is 138 Å². The molecule has 0 saturated heterocycles. The number of H-pyrrole nitrogens is 1. The van der Waals surface area contributed by atoms with Gasteiger partial charge in [-0.1, -0.05) is 11.6 Å². The molecule has 0 spiro atoms. The van der Waals surface area contributed by atoms with E-state index < -0.39 is 0 Å². The lowest BCUT2D eigenvalue weighted by Crippen LogP contribution is -1.98. The van der Waals surface area contributed by atoms with Crippen molar-refractivity contribution in [3.8, 4) is 0 Å². The second kappa shape index (κ2) is 5.66. The molecule has 1 aliphatic rings. The highest BCUT2D eigenvalue weighted by atomic mass is 35.5. The van der Waals surface area contributed by atoms with Crippen LogP contribution in [0.25, 0.3) is 21.9 Å². The number of rotatable bonds is 4. The monoisotopic (exact) mass is 325 g/mol. The number of hydrogen-bond donors (Lipinski definition) is 2. The number of nitrogens with one attached hydrogen (secondary N) is 1. The highest BCUT2D eigenvalue weighted by Crippen LogP contribution is 2.33. The summed E-state index contributed by atoms with van der Waals surface area (Å²) >= 11 is 6.08. The maximum atomic E-state index is 6.08. The van der Waals surface area contributed by atoms with Crippen molar-refractivity contribution < 1.29 is 0 Å². The lowest BCUT2D eigenvalue weighted by atomic mass is 10.2. The third-order valence-corrected chi connectivity index (χ3v) is 4.22. The molecule has 1 fully saturated rings. The minimum absolute atomic E-state index is 0.477. The molecule has 1 aliphatic carbocycles. The average molecular weight is 326 g/mol. The van der Waals surface area contributed by atoms with Crippen molar-refractivity contribution in [1.29, 1.82) is 0 Å². The number of halogens is 1. The Morgan fingerprint density at radius 3 is 3.13 bits per heavy atom. The summed E-state index contributed by atoms with van der Waals surface area (Å²) in [6.07, 6.45) is 7.83. The van der Waals surface area contributed by atoms with E-state index in [0.29, 0.717) is 17.5 Å². The highest BCUT2D eigenvalue weighted by molar-refractivity contribution is 6.31. The van der Waals surface area contributed by atoms with Crippen LogP contribution >= 0.6 is 11.6 Å². The van der Waals surface area contributed by atoms with Gasteiger partial charge in [0.2, 0.25) is 0 Å². The number of hydrogen-bond acceptors (Lipinski definition) is 4. The van der Waals surface area contributed by atoms with Gasteiger partial charge in [0.05, 0.1) is 29.3 Å². The Morgan fingerprint density at radius 2 is 2.30 bits per heavy atom. The van der Waals surface area contributed by atoms with E-state index in [2.05, 4.69) is 19.9 Å². The van der Waals surface area contributed by atoms with E-state index in [1.165, 1.54) is 12.8 Å². The Hall–Kier alpha value is -2.40. The summed E-state index contributed by atoms with van der Waals surface area (Å²) in [5.74, 6) is 1.36. The molecule has 2 aromatic heterocycles. The van der Waals surface area contributed by atoms with E-state index in [1.54, 1.807) is 12.4 Å². The topological polar surface area (TPSA) is 79.9 Å². The molecule has 0 atom stereocenters. The Balaban J connectivity index is 1.61. The summed E-state index contributed by atoms with van der Waals surface area (Å²) in [5, 5.41) is 1.62. The Morgan fingerprint density at radius 1 is 1.43 bits per heavy atom. The van der Waals surface area contributed by atoms with Crippen molar-refractivity contribution >= 4 is 39.8 Å². The molecule has 0 bridgehead atoms. The Kier molecular flexibility index (Phi) is 3.50. The zero-order valence-electron chi connectivity index (χ0n) is 12.5. The fourth-order valence-corrected chi connectivity index (χ4v) is 2.76. The molecule has 1 saturated carbocycles. The largest absolute Gasteiger partial charge is 0.402 e. The second-order valence-electron chi connectivity index (χ2n) is 5.80. The van der Waals surface area contributed by atoms with E-state index in [0.717, 1.165) is 33.5 Å². The van der Waals surface area contributed by atoms with E-state index >= 15 is 0 Å². The zero-order valence-corrected chi connectivity index (χ0v) is 13.2. The minimum Gasteiger partial charge on any atom is -0.402 e. The molecule has 4 rings (SSSR count). The predicted octanol–water partition coefficient (Wildman–Crippen LogP) is 3.59. The second-order valence-corrected chi connectivity index (χ2v) is 6.23. The van der Waals surface area contributed by atoms with E-state index in [4.69, 9.17) is 17.3 Å². The average Bonchev–Trinajstić information content (AvgIpc) is 3.31. The SMILES string of the molecule is NC(=CC=NCc1nc2c(cnc3ccc(Cl)cc32)[nH]1)C1CC1. The van der Waals surface area contributed by atoms with Gasteiger partial charge < -0.3 is 10.7 Å². The first-order chi connectivity index (χ1) is 11.2. The smallest absolute Gasteiger partial charge is 0.129 e. The van der Waals surface area contributed by atoms with Gasteiger partial charge in [0.15, 0.2) is 0 Å². The Bertz CT molecular complexity index is 937. The first kappa shape index (κ1) is 14.2. The molecule has 1 aromatic carbocycles. The molecule has 2 heterocycles. The van der Waals surface area contributed by atoms with Gasteiger partial charge in [0.1, 0.15) is 5.82 Å².